The van der Waals surface area contributed by atoms with Gasteiger partial charge in [-0.2, -0.15) is 18.2 Å². The van der Waals surface area contributed by atoms with Gasteiger partial charge in [-0.25, -0.2) is 4.98 Å². The molecule has 8 heteroatoms. The van der Waals surface area contributed by atoms with Crippen molar-refractivity contribution in [1.29, 1.82) is 0 Å². The summed E-state index contributed by atoms with van der Waals surface area (Å²) < 4.78 is 41.5. The monoisotopic (exact) mass is 224 g/mol. The number of aromatic nitrogens is 2. The van der Waals surface area contributed by atoms with Gasteiger partial charge in [-0.1, -0.05) is 0 Å². The minimum absolute atomic E-state index is 0.494. The van der Waals surface area contributed by atoms with Crippen molar-refractivity contribution in [3.63, 3.8) is 0 Å². The van der Waals surface area contributed by atoms with E-state index in [-0.39, 0.29) is 0 Å². The van der Waals surface area contributed by atoms with Crippen molar-refractivity contribution in [2.45, 2.75) is 12.5 Å². The minimum Gasteiger partial charge on any atom is -0.467 e. The first kappa shape index (κ1) is 11.7. The van der Waals surface area contributed by atoms with E-state index in [1.165, 1.54) is 0 Å². The summed E-state index contributed by atoms with van der Waals surface area (Å²) in [4.78, 5) is 6.34. The molecule has 1 aromatic rings. The predicted molar refractivity (Wildman–Crippen MR) is 40.8 cm³/mol. The summed E-state index contributed by atoms with van der Waals surface area (Å²) in [7, 11) is 1.10. The van der Waals surface area contributed by atoms with Crippen LogP contribution in [0.5, 0.6) is 6.01 Å². The van der Waals surface area contributed by atoms with E-state index < -0.39 is 29.7 Å². The second kappa shape index (κ2) is 3.99. The Hall–Kier alpha value is -1.41. The number of nitrogens with zero attached hydrogens (tertiary/aromatic N) is 2. The zero-order chi connectivity index (χ0) is 11.6. The molecular formula is C7H7F3N2O3. The second-order valence-corrected chi connectivity index (χ2v) is 2.53. The first-order valence-electron chi connectivity index (χ1n) is 3.70. The number of hydrogen-bond acceptors (Lipinski definition) is 5. The largest absolute Gasteiger partial charge is 0.467 e. The Bertz CT molecular complexity index is 354. The molecule has 0 fully saturated rings. The highest BCUT2D eigenvalue weighted by Gasteiger charge is 2.37. The second-order valence-electron chi connectivity index (χ2n) is 2.53. The van der Waals surface area contributed by atoms with Crippen molar-refractivity contribution in [2.75, 3.05) is 7.11 Å². The van der Waals surface area contributed by atoms with Crippen molar-refractivity contribution >= 4 is 0 Å². The average Bonchev–Trinajstić information content (AvgIpc) is 2.15. The zero-order valence-corrected chi connectivity index (χ0v) is 7.49. The molecule has 0 aromatic carbocycles. The fraction of sp³-hybridized carbons (Fsp3) is 0.429. The third-order valence-corrected chi connectivity index (χ3v) is 1.52. The molecule has 0 bridgehead atoms. The van der Waals surface area contributed by atoms with Crippen LogP contribution in [0.1, 0.15) is 17.5 Å². The number of ether oxygens (including phenoxy) is 1. The molecule has 0 aliphatic rings. The Balaban J connectivity index is 3.29. The molecule has 84 valence electrons. The van der Waals surface area contributed by atoms with Crippen LogP contribution in [0.2, 0.25) is 0 Å². The number of aliphatic hydroxyl groups excluding tert-OH is 1. The van der Waals surface area contributed by atoms with E-state index >= 15 is 0 Å². The molecule has 0 unspecified atom stereocenters. The maximum atomic E-state index is 12.4. The van der Waals surface area contributed by atoms with E-state index in [0.29, 0.717) is 6.20 Å². The summed E-state index contributed by atoms with van der Waals surface area (Å²) in [6, 6.07) is -0.494. The summed E-state index contributed by atoms with van der Waals surface area (Å²) in [5.74, 6) is 0. The highest BCUT2D eigenvalue weighted by molar-refractivity contribution is 5.22. The van der Waals surface area contributed by atoms with Gasteiger partial charge < -0.3 is 14.9 Å². The number of aliphatic hydroxyl groups is 2. The molecule has 0 aliphatic heterocycles. The average molecular weight is 224 g/mol. The summed E-state index contributed by atoms with van der Waals surface area (Å²) in [5, 5.41) is 17.3. The molecule has 0 spiro atoms. The van der Waals surface area contributed by atoms with Crippen LogP contribution in [0.3, 0.4) is 0 Å². The molecule has 0 aliphatic carbocycles. The van der Waals surface area contributed by atoms with Gasteiger partial charge in [0.1, 0.15) is 0 Å². The lowest BCUT2D eigenvalue weighted by Crippen LogP contribution is -2.15. The van der Waals surface area contributed by atoms with Crippen LogP contribution in [-0.2, 0) is 6.18 Å². The smallest absolute Gasteiger partial charge is 0.434 e. The molecule has 0 saturated heterocycles. The topological polar surface area (TPSA) is 75.5 Å². The number of rotatable bonds is 2. The Morgan fingerprint density at radius 1 is 1.40 bits per heavy atom. The lowest BCUT2D eigenvalue weighted by atomic mass is 10.2. The van der Waals surface area contributed by atoms with Crippen LogP contribution in [0.15, 0.2) is 6.20 Å². The minimum atomic E-state index is -4.80. The molecule has 0 radical (unpaired) electrons. The van der Waals surface area contributed by atoms with Gasteiger partial charge in [-0.05, 0) is 0 Å². The van der Waals surface area contributed by atoms with E-state index in [1.54, 1.807) is 0 Å². The van der Waals surface area contributed by atoms with Crippen molar-refractivity contribution in [2.24, 2.45) is 0 Å². The fourth-order valence-corrected chi connectivity index (χ4v) is 0.889. The van der Waals surface area contributed by atoms with Gasteiger partial charge in [0.2, 0.25) is 0 Å². The lowest BCUT2D eigenvalue weighted by molar-refractivity contribution is -0.146. The number of hydrogen-bond donors (Lipinski definition) is 2. The fourth-order valence-electron chi connectivity index (χ4n) is 0.889. The summed E-state index contributed by atoms with van der Waals surface area (Å²) >= 11 is 0. The molecule has 1 rings (SSSR count). The van der Waals surface area contributed by atoms with E-state index in [0.717, 1.165) is 7.11 Å². The van der Waals surface area contributed by atoms with Gasteiger partial charge in [0.05, 0.1) is 12.7 Å². The molecule has 5 nitrogen and oxygen atoms in total. The van der Waals surface area contributed by atoms with Crippen molar-refractivity contribution in [1.82, 2.24) is 9.97 Å². The summed E-state index contributed by atoms with van der Waals surface area (Å²) in [6.45, 7) is 0. The normalized spacial score (nSPS) is 11.9. The Morgan fingerprint density at radius 3 is 2.40 bits per heavy atom. The van der Waals surface area contributed by atoms with E-state index in [2.05, 4.69) is 14.7 Å². The highest BCUT2D eigenvalue weighted by Crippen LogP contribution is 2.32. The van der Waals surface area contributed by atoms with Crippen LogP contribution in [0.25, 0.3) is 0 Å². The third kappa shape index (κ3) is 2.54. The quantitative estimate of drug-likeness (QED) is 0.715. The number of methoxy groups -OCH3 is 1. The van der Waals surface area contributed by atoms with Gasteiger partial charge in [0, 0.05) is 6.20 Å². The maximum absolute atomic E-state index is 12.4. The third-order valence-electron chi connectivity index (χ3n) is 1.52. The molecule has 0 amide bonds. The lowest BCUT2D eigenvalue weighted by Gasteiger charge is -2.12. The van der Waals surface area contributed by atoms with Gasteiger partial charge in [-0.15, -0.1) is 0 Å². The standard InChI is InChI=1S/C7H7F3N2O3/c1-15-6-11-2-3(5(13)14)4(12-6)7(8,9)10/h2,5,13-14H,1H3. The summed E-state index contributed by atoms with van der Waals surface area (Å²) in [6.07, 6.45) is -6.43. The first-order valence-corrected chi connectivity index (χ1v) is 3.70. The molecule has 1 heterocycles. The Morgan fingerprint density at radius 2 is 2.00 bits per heavy atom. The van der Waals surface area contributed by atoms with Gasteiger partial charge >= 0.3 is 12.2 Å². The van der Waals surface area contributed by atoms with Gasteiger partial charge in [-0.3, -0.25) is 0 Å². The maximum Gasteiger partial charge on any atom is 0.434 e. The SMILES string of the molecule is COc1ncc(C(O)O)c(C(F)(F)F)n1. The van der Waals surface area contributed by atoms with Crippen molar-refractivity contribution in [3.05, 3.63) is 17.5 Å². The van der Waals surface area contributed by atoms with Crippen molar-refractivity contribution < 1.29 is 28.1 Å². The Labute approximate surface area is 82.2 Å². The number of halogens is 3. The van der Waals surface area contributed by atoms with Gasteiger partial charge in [0.25, 0.3) is 0 Å². The van der Waals surface area contributed by atoms with Crippen molar-refractivity contribution in [3.8, 4) is 6.01 Å². The van der Waals surface area contributed by atoms with E-state index in [4.69, 9.17) is 10.2 Å². The molecular weight excluding hydrogens is 217 g/mol. The van der Waals surface area contributed by atoms with Crippen LogP contribution in [-0.4, -0.2) is 27.3 Å². The van der Waals surface area contributed by atoms with Crippen LogP contribution in [0.4, 0.5) is 13.2 Å². The molecule has 15 heavy (non-hydrogen) atoms. The zero-order valence-electron chi connectivity index (χ0n) is 7.49. The molecule has 2 N–H and O–H groups in total. The van der Waals surface area contributed by atoms with Crippen LogP contribution in [0, 0.1) is 0 Å². The van der Waals surface area contributed by atoms with E-state index in [9.17, 15) is 13.2 Å². The molecule has 0 saturated carbocycles. The first-order chi connectivity index (χ1) is 6.86. The molecule has 1 aromatic heterocycles. The summed E-state index contributed by atoms with van der Waals surface area (Å²) in [5.41, 5.74) is -2.24. The van der Waals surface area contributed by atoms with E-state index in [1.807, 2.05) is 0 Å². The highest BCUT2D eigenvalue weighted by atomic mass is 19.4. The van der Waals surface area contributed by atoms with Crippen LogP contribution < -0.4 is 4.74 Å². The number of alkyl halides is 3. The van der Waals surface area contributed by atoms with Gasteiger partial charge in [0.15, 0.2) is 12.0 Å². The Kier molecular flexibility index (Phi) is 3.10. The molecule has 0 atom stereocenters. The van der Waals surface area contributed by atoms with Crippen LogP contribution >= 0.6 is 0 Å². The predicted octanol–water partition coefficient (Wildman–Crippen LogP) is 0.487.